The molecule has 0 bridgehead atoms. The quantitative estimate of drug-likeness (QED) is 0.202. The molecule has 2 N–H and O–H groups in total. The van der Waals surface area contributed by atoms with Gasteiger partial charge in [-0.3, -0.25) is 24.6 Å². The number of carbonyl (C=O) groups excluding carboxylic acids is 2. The number of anilines is 4. The van der Waals surface area contributed by atoms with E-state index in [-0.39, 0.29) is 17.6 Å². The van der Waals surface area contributed by atoms with Crippen LogP contribution in [-0.4, -0.2) is 102 Å². The summed E-state index contributed by atoms with van der Waals surface area (Å²) in [4.78, 5) is 48.0. The fraction of sp³-hybridized carbons (Fsp3) is 0.412. The number of piperidine rings is 1. The third kappa shape index (κ3) is 6.66. The molecule has 270 valence electrons. The summed E-state index contributed by atoms with van der Waals surface area (Å²) in [7, 11) is -1.35. The highest BCUT2D eigenvalue weighted by atomic mass is 32.2. The Kier molecular flexibility index (Phi) is 8.78. The lowest BCUT2D eigenvalue weighted by atomic mass is 10.0. The van der Waals surface area contributed by atoms with Crippen molar-refractivity contribution in [2.45, 2.75) is 63.4 Å². The van der Waals surface area contributed by atoms with Gasteiger partial charge >= 0.3 is 6.03 Å². The van der Waals surface area contributed by atoms with Crippen molar-refractivity contribution >= 4 is 56.1 Å². The average molecular weight is 726 g/mol. The zero-order valence-electron chi connectivity index (χ0n) is 28.9. The summed E-state index contributed by atoms with van der Waals surface area (Å²) >= 11 is 0. The van der Waals surface area contributed by atoms with E-state index in [1.807, 2.05) is 29.1 Å². The predicted molar refractivity (Wildman–Crippen MR) is 194 cm³/mol. The van der Waals surface area contributed by atoms with Crippen LogP contribution in [0.2, 0.25) is 0 Å². The number of urea groups is 1. The minimum atomic E-state index is -3.48. The van der Waals surface area contributed by atoms with Crippen LogP contribution in [0.1, 0.15) is 44.6 Å². The molecular weight excluding hydrogens is 687 g/mol. The molecule has 5 aromatic heterocycles. The molecular formula is C34H39N13O4S. The van der Waals surface area contributed by atoms with Crippen LogP contribution in [0, 0.1) is 0 Å². The Morgan fingerprint density at radius 3 is 2.54 bits per heavy atom. The van der Waals surface area contributed by atoms with Crippen molar-refractivity contribution in [3.8, 4) is 11.4 Å². The molecule has 0 unspecified atom stereocenters. The highest BCUT2D eigenvalue weighted by Gasteiger charge is 2.38. The summed E-state index contributed by atoms with van der Waals surface area (Å²) in [6.45, 7) is 5.52. The van der Waals surface area contributed by atoms with Crippen LogP contribution in [0.4, 0.5) is 28.1 Å². The Balaban J connectivity index is 0.905. The van der Waals surface area contributed by atoms with Crippen molar-refractivity contribution in [2.75, 3.05) is 41.8 Å². The molecule has 0 aromatic carbocycles. The number of nitrogens with one attached hydrogen (secondary N) is 2. The SMILES string of the molecule is CCn1nc(N2CCC(N(C)Cc3ccc(N4CCC(=O)NC4=O)nc3)CC2)c2cnc(Nc3ccnc(-c4cnn(S(=O)(=O)C5CC5)c4)n3)cc21. The molecule has 0 atom stereocenters. The second-order valence-corrected chi connectivity index (χ2v) is 15.4. The van der Waals surface area contributed by atoms with Gasteiger partial charge in [0.2, 0.25) is 5.91 Å². The monoisotopic (exact) mass is 725 g/mol. The molecule has 17 nitrogen and oxygen atoms in total. The van der Waals surface area contributed by atoms with Gasteiger partial charge < -0.3 is 10.2 Å². The predicted octanol–water partition coefficient (Wildman–Crippen LogP) is 3.13. The number of fused-ring (bicyclic) bond motifs is 1. The molecule has 3 amide bonds. The van der Waals surface area contributed by atoms with Crippen LogP contribution in [0.3, 0.4) is 0 Å². The maximum atomic E-state index is 12.6. The van der Waals surface area contributed by atoms with Gasteiger partial charge in [0.05, 0.1) is 34.1 Å². The molecule has 0 radical (unpaired) electrons. The Morgan fingerprint density at radius 2 is 1.81 bits per heavy atom. The number of aromatic nitrogens is 8. The van der Waals surface area contributed by atoms with Gasteiger partial charge in [-0.25, -0.2) is 33.1 Å². The number of aryl methyl sites for hydroxylation is 1. The number of pyridine rings is 2. The largest absolute Gasteiger partial charge is 0.354 e. The molecule has 0 spiro atoms. The van der Waals surface area contributed by atoms with E-state index in [1.54, 1.807) is 18.5 Å². The van der Waals surface area contributed by atoms with E-state index in [9.17, 15) is 18.0 Å². The first kappa shape index (κ1) is 33.6. The molecule has 2 saturated heterocycles. The van der Waals surface area contributed by atoms with Gasteiger partial charge in [-0.2, -0.15) is 14.3 Å². The van der Waals surface area contributed by atoms with Crippen molar-refractivity contribution in [1.29, 1.82) is 0 Å². The smallest absolute Gasteiger partial charge is 0.329 e. The molecule has 3 aliphatic rings. The van der Waals surface area contributed by atoms with E-state index >= 15 is 0 Å². The Hall–Kier alpha value is -5.49. The lowest BCUT2D eigenvalue weighted by Gasteiger charge is -2.37. The average Bonchev–Trinajstić information content (AvgIpc) is 3.78. The van der Waals surface area contributed by atoms with Gasteiger partial charge in [0.15, 0.2) is 11.6 Å². The van der Waals surface area contributed by atoms with Gasteiger partial charge in [0.1, 0.15) is 17.5 Å². The lowest BCUT2D eigenvalue weighted by Crippen LogP contribution is -2.49. The summed E-state index contributed by atoms with van der Waals surface area (Å²) < 4.78 is 28.2. The lowest BCUT2D eigenvalue weighted by molar-refractivity contribution is -0.120. The van der Waals surface area contributed by atoms with Crippen LogP contribution in [0.25, 0.3) is 22.3 Å². The van der Waals surface area contributed by atoms with Crippen molar-refractivity contribution in [3.63, 3.8) is 0 Å². The molecule has 52 heavy (non-hydrogen) atoms. The minimum Gasteiger partial charge on any atom is -0.354 e. The van der Waals surface area contributed by atoms with Gasteiger partial charge in [0.25, 0.3) is 10.0 Å². The zero-order valence-corrected chi connectivity index (χ0v) is 29.7. The topological polar surface area (TPSA) is 189 Å². The maximum Gasteiger partial charge on any atom is 0.329 e. The zero-order chi connectivity index (χ0) is 36.0. The fourth-order valence-corrected chi connectivity index (χ4v) is 8.24. The Morgan fingerprint density at radius 1 is 0.981 bits per heavy atom. The molecule has 1 saturated carbocycles. The van der Waals surface area contributed by atoms with Crippen LogP contribution in [0.5, 0.6) is 0 Å². The number of nitrogens with zero attached hydrogens (tertiary/aromatic N) is 11. The second kappa shape index (κ2) is 13.6. The molecule has 7 heterocycles. The highest BCUT2D eigenvalue weighted by molar-refractivity contribution is 7.90. The van der Waals surface area contributed by atoms with Crippen molar-refractivity contribution in [3.05, 3.63) is 60.8 Å². The molecule has 2 aliphatic heterocycles. The molecule has 8 rings (SSSR count). The number of rotatable bonds is 11. The van der Waals surface area contributed by atoms with E-state index in [4.69, 9.17) is 10.1 Å². The molecule has 5 aromatic rings. The van der Waals surface area contributed by atoms with Crippen LogP contribution < -0.4 is 20.4 Å². The summed E-state index contributed by atoms with van der Waals surface area (Å²) in [6.07, 6.45) is 11.7. The van der Waals surface area contributed by atoms with E-state index in [2.05, 4.69) is 54.5 Å². The summed E-state index contributed by atoms with van der Waals surface area (Å²) in [5, 5.41) is 15.3. The van der Waals surface area contributed by atoms with E-state index in [1.165, 1.54) is 17.3 Å². The normalized spacial score (nSPS) is 17.3. The van der Waals surface area contributed by atoms with Gasteiger partial charge in [0, 0.05) is 69.8 Å². The first-order valence-electron chi connectivity index (χ1n) is 17.4. The summed E-state index contributed by atoms with van der Waals surface area (Å²) in [6, 6.07) is 7.47. The third-order valence-electron chi connectivity index (χ3n) is 9.81. The first-order valence-corrected chi connectivity index (χ1v) is 18.9. The minimum absolute atomic E-state index is 0.263. The third-order valence-corrected chi connectivity index (χ3v) is 11.8. The molecule has 3 fully saturated rings. The fourth-order valence-electron chi connectivity index (χ4n) is 6.76. The number of hydrogen-bond donors (Lipinski definition) is 2. The van der Waals surface area contributed by atoms with E-state index < -0.39 is 16.1 Å². The first-order chi connectivity index (χ1) is 25.2. The van der Waals surface area contributed by atoms with E-state index in [0.29, 0.717) is 60.8 Å². The van der Waals surface area contributed by atoms with E-state index in [0.717, 1.165) is 58.8 Å². The number of imide groups is 1. The number of amides is 3. The number of carbonyl (C=O) groups is 2. The van der Waals surface area contributed by atoms with Crippen LogP contribution in [-0.2, 0) is 27.9 Å². The maximum absolute atomic E-state index is 12.6. The standard InChI is InChI=1S/C34H39N13O4S/c1-3-46-27-16-29(39-28-8-12-35-32(40-28)23-18-38-47(21-23)52(50,51)25-5-6-25)36-19-26(27)33(42-46)44-13-9-24(10-14-44)43(2)20-22-4-7-30(37-17-22)45-15-11-31(48)41-34(45)49/h4,7-8,12,16-19,21,24-25H,3,5-6,9-11,13-15,20H2,1-2H3,(H,41,48,49)(H,35,36,39,40). The van der Waals surface area contributed by atoms with Gasteiger partial charge in [-0.15, -0.1) is 0 Å². The van der Waals surface area contributed by atoms with Crippen LogP contribution >= 0.6 is 0 Å². The number of hydrogen-bond acceptors (Lipinski definition) is 13. The molecule has 18 heteroatoms. The van der Waals surface area contributed by atoms with Gasteiger partial charge in [-0.1, -0.05) is 6.07 Å². The molecule has 1 aliphatic carbocycles. The summed E-state index contributed by atoms with van der Waals surface area (Å²) in [5.41, 5.74) is 2.52. The van der Waals surface area contributed by atoms with Crippen LogP contribution in [0.15, 0.2) is 55.2 Å². The van der Waals surface area contributed by atoms with Gasteiger partial charge in [-0.05, 0) is 57.4 Å². The second-order valence-electron chi connectivity index (χ2n) is 13.4. The highest BCUT2D eigenvalue weighted by Crippen LogP contribution is 2.32. The van der Waals surface area contributed by atoms with Crippen molar-refractivity contribution in [1.82, 2.24) is 49.1 Å². The van der Waals surface area contributed by atoms with Crippen molar-refractivity contribution < 1.29 is 18.0 Å². The Labute approximate surface area is 300 Å². The summed E-state index contributed by atoms with van der Waals surface area (Å²) in [5.74, 6) is 2.66. The van der Waals surface area contributed by atoms with Crippen molar-refractivity contribution in [2.24, 2.45) is 0 Å². The Bertz CT molecular complexity index is 2240.